The zero-order chi connectivity index (χ0) is 13.8. The first-order valence-electron chi connectivity index (χ1n) is 6.61. The lowest BCUT2D eigenvalue weighted by Gasteiger charge is -2.26. The van der Waals surface area contributed by atoms with Gasteiger partial charge in [0.05, 0.1) is 23.6 Å². The highest BCUT2D eigenvalue weighted by Gasteiger charge is 2.14. The zero-order valence-corrected chi connectivity index (χ0v) is 12.5. The summed E-state index contributed by atoms with van der Waals surface area (Å²) in [5.41, 5.74) is 8.06. The second kappa shape index (κ2) is 6.17. The number of nitrogens with zero attached hydrogens (tertiary/aromatic N) is 2. The van der Waals surface area contributed by atoms with Gasteiger partial charge in [-0.15, -0.1) is 11.3 Å². The number of nitrogens with two attached hydrogens (primary N) is 1. The predicted octanol–water partition coefficient (Wildman–Crippen LogP) is 3.75. The molecule has 102 valence electrons. The van der Waals surface area contributed by atoms with Crippen LogP contribution in [0.25, 0.3) is 0 Å². The van der Waals surface area contributed by atoms with Crippen molar-refractivity contribution in [2.75, 3.05) is 11.9 Å². The Balaban J connectivity index is 2.13. The summed E-state index contributed by atoms with van der Waals surface area (Å²) in [6.45, 7) is 4.28. The van der Waals surface area contributed by atoms with Crippen molar-refractivity contribution < 1.29 is 0 Å². The Labute approximate surface area is 119 Å². The number of pyridine rings is 1. The van der Waals surface area contributed by atoms with Gasteiger partial charge < -0.3 is 10.6 Å². The number of anilines is 1. The molecule has 0 aliphatic carbocycles. The average Bonchev–Trinajstić information content (AvgIpc) is 2.99. The van der Waals surface area contributed by atoms with Crippen molar-refractivity contribution in [3.05, 3.63) is 46.4 Å². The quantitative estimate of drug-likeness (QED) is 0.903. The molecule has 4 heteroatoms. The molecule has 2 atom stereocenters. The fraction of sp³-hybridized carbons (Fsp3) is 0.400. The molecule has 2 rings (SSSR count). The van der Waals surface area contributed by atoms with Crippen LogP contribution in [0.4, 0.5) is 5.69 Å². The van der Waals surface area contributed by atoms with E-state index >= 15 is 0 Å². The van der Waals surface area contributed by atoms with Gasteiger partial charge in [-0.1, -0.05) is 13.0 Å². The van der Waals surface area contributed by atoms with E-state index in [-0.39, 0.29) is 6.04 Å². The number of hydrogen-bond acceptors (Lipinski definition) is 4. The van der Waals surface area contributed by atoms with Gasteiger partial charge in [0.1, 0.15) is 0 Å². The van der Waals surface area contributed by atoms with Gasteiger partial charge >= 0.3 is 0 Å². The van der Waals surface area contributed by atoms with Crippen LogP contribution in [0.1, 0.15) is 42.9 Å². The van der Waals surface area contributed by atoms with E-state index in [2.05, 4.69) is 54.4 Å². The van der Waals surface area contributed by atoms with Gasteiger partial charge in [0, 0.05) is 18.0 Å². The van der Waals surface area contributed by atoms with Crippen LogP contribution in [0.5, 0.6) is 0 Å². The molecule has 2 heterocycles. The van der Waals surface area contributed by atoms with E-state index in [0.717, 1.165) is 17.8 Å². The molecule has 2 unspecified atom stereocenters. The maximum atomic E-state index is 5.98. The van der Waals surface area contributed by atoms with Crippen LogP contribution in [-0.2, 0) is 0 Å². The largest absolute Gasteiger partial charge is 0.366 e. The molecule has 0 fully saturated rings. The van der Waals surface area contributed by atoms with Crippen molar-refractivity contribution in [3.8, 4) is 0 Å². The van der Waals surface area contributed by atoms with Crippen LogP contribution in [0.2, 0.25) is 0 Å². The summed E-state index contributed by atoms with van der Waals surface area (Å²) in [5, 5.41) is 2.11. The molecule has 0 saturated heterocycles. The van der Waals surface area contributed by atoms with E-state index in [9.17, 15) is 0 Å². The van der Waals surface area contributed by atoms with Crippen LogP contribution >= 0.6 is 11.3 Å². The molecule has 0 aromatic carbocycles. The van der Waals surface area contributed by atoms with E-state index in [1.54, 1.807) is 11.3 Å². The molecule has 0 bridgehead atoms. The highest BCUT2D eigenvalue weighted by Crippen LogP contribution is 2.28. The second-order valence-electron chi connectivity index (χ2n) is 4.76. The van der Waals surface area contributed by atoms with Gasteiger partial charge in [0.15, 0.2) is 0 Å². The molecule has 0 aliphatic rings. The van der Waals surface area contributed by atoms with Gasteiger partial charge in [0.2, 0.25) is 0 Å². The third-order valence-corrected chi connectivity index (χ3v) is 4.58. The molecular formula is C15H21N3S. The third kappa shape index (κ3) is 3.14. The lowest BCUT2D eigenvalue weighted by molar-refractivity contribution is 0.673. The Morgan fingerprint density at radius 2 is 2.16 bits per heavy atom. The van der Waals surface area contributed by atoms with Crippen molar-refractivity contribution in [2.24, 2.45) is 5.73 Å². The number of aromatic nitrogens is 1. The Kier molecular flexibility index (Phi) is 4.56. The topological polar surface area (TPSA) is 42.1 Å². The summed E-state index contributed by atoms with van der Waals surface area (Å²) < 4.78 is 0. The molecule has 0 radical (unpaired) electrons. The zero-order valence-electron chi connectivity index (χ0n) is 11.7. The number of hydrogen-bond donors (Lipinski definition) is 1. The monoisotopic (exact) mass is 275 g/mol. The Hall–Kier alpha value is -1.39. The van der Waals surface area contributed by atoms with Gasteiger partial charge in [-0.05, 0) is 36.9 Å². The molecule has 2 aromatic rings. The van der Waals surface area contributed by atoms with E-state index in [0.29, 0.717) is 6.04 Å². The summed E-state index contributed by atoms with van der Waals surface area (Å²) in [4.78, 5) is 8.07. The molecule has 0 aliphatic heterocycles. The lowest BCUT2D eigenvalue weighted by Crippen LogP contribution is -2.21. The van der Waals surface area contributed by atoms with Crippen molar-refractivity contribution in [1.29, 1.82) is 0 Å². The first-order chi connectivity index (χ1) is 9.13. The smallest absolute Gasteiger partial charge is 0.0604 e. The van der Waals surface area contributed by atoms with Crippen LogP contribution < -0.4 is 10.6 Å². The summed E-state index contributed by atoms with van der Waals surface area (Å²) >= 11 is 1.78. The summed E-state index contributed by atoms with van der Waals surface area (Å²) in [6.07, 6.45) is 2.82. The fourth-order valence-electron chi connectivity index (χ4n) is 1.98. The molecule has 0 spiro atoms. The number of thiophene rings is 1. The normalized spacial score (nSPS) is 14.1. The van der Waals surface area contributed by atoms with Crippen LogP contribution in [0, 0.1) is 0 Å². The van der Waals surface area contributed by atoms with Crippen LogP contribution in [-0.4, -0.2) is 12.0 Å². The maximum absolute atomic E-state index is 5.98. The highest BCUT2D eigenvalue weighted by atomic mass is 32.1. The molecule has 2 N–H and O–H groups in total. The SMILES string of the molecule is CCC(N)c1ccc(N(C)C(C)c2cccs2)cn1. The minimum Gasteiger partial charge on any atom is -0.366 e. The van der Waals surface area contributed by atoms with Crippen molar-refractivity contribution in [3.63, 3.8) is 0 Å². The lowest BCUT2D eigenvalue weighted by atomic mass is 10.1. The Morgan fingerprint density at radius 1 is 1.37 bits per heavy atom. The van der Waals surface area contributed by atoms with Gasteiger partial charge in [0.25, 0.3) is 0 Å². The van der Waals surface area contributed by atoms with Gasteiger partial charge in [-0.2, -0.15) is 0 Å². The van der Waals surface area contributed by atoms with E-state index in [1.807, 2.05) is 12.3 Å². The van der Waals surface area contributed by atoms with E-state index in [4.69, 9.17) is 5.73 Å². The maximum Gasteiger partial charge on any atom is 0.0604 e. The number of rotatable bonds is 5. The standard InChI is InChI=1S/C15H21N3S/c1-4-13(16)14-8-7-12(10-17-14)18(3)11(2)15-6-5-9-19-15/h5-11,13H,4,16H2,1-3H3. The van der Waals surface area contributed by atoms with Crippen LogP contribution in [0.15, 0.2) is 35.8 Å². The molecule has 19 heavy (non-hydrogen) atoms. The predicted molar refractivity (Wildman–Crippen MR) is 82.6 cm³/mol. The molecule has 3 nitrogen and oxygen atoms in total. The minimum absolute atomic E-state index is 0.0362. The fourth-order valence-corrected chi connectivity index (χ4v) is 2.80. The first kappa shape index (κ1) is 14.0. The summed E-state index contributed by atoms with van der Waals surface area (Å²) in [5.74, 6) is 0. The van der Waals surface area contributed by atoms with Crippen LogP contribution in [0.3, 0.4) is 0 Å². The summed E-state index contributed by atoms with van der Waals surface area (Å²) in [6, 6.07) is 8.77. The third-order valence-electron chi connectivity index (χ3n) is 3.53. The molecular weight excluding hydrogens is 254 g/mol. The minimum atomic E-state index is 0.0362. The van der Waals surface area contributed by atoms with Gasteiger partial charge in [-0.3, -0.25) is 4.98 Å². The van der Waals surface area contributed by atoms with E-state index in [1.165, 1.54) is 4.88 Å². The van der Waals surface area contributed by atoms with Crippen molar-refractivity contribution >= 4 is 17.0 Å². The Bertz CT molecular complexity index is 493. The summed E-state index contributed by atoms with van der Waals surface area (Å²) in [7, 11) is 2.10. The van der Waals surface area contributed by atoms with Crippen molar-refractivity contribution in [2.45, 2.75) is 32.4 Å². The molecule has 0 saturated carbocycles. The average molecular weight is 275 g/mol. The Morgan fingerprint density at radius 3 is 2.68 bits per heavy atom. The second-order valence-corrected chi connectivity index (χ2v) is 5.74. The molecule has 2 aromatic heterocycles. The van der Waals surface area contributed by atoms with E-state index < -0.39 is 0 Å². The molecule has 0 amide bonds. The van der Waals surface area contributed by atoms with Gasteiger partial charge in [-0.25, -0.2) is 0 Å². The van der Waals surface area contributed by atoms with Crippen molar-refractivity contribution in [1.82, 2.24) is 4.98 Å². The first-order valence-corrected chi connectivity index (χ1v) is 7.49. The highest BCUT2D eigenvalue weighted by molar-refractivity contribution is 7.10.